The molecule has 1 fully saturated rings. The maximum Gasteiger partial charge on any atom is 0.275 e. The van der Waals surface area contributed by atoms with Gasteiger partial charge in [0.05, 0.1) is 17.3 Å². The number of H-pyrrole nitrogens is 1. The third kappa shape index (κ3) is 3.02. The summed E-state index contributed by atoms with van der Waals surface area (Å²) >= 11 is 3.51. The van der Waals surface area contributed by atoms with Gasteiger partial charge in [0.25, 0.3) is 5.91 Å². The van der Waals surface area contributed by atoms with Gasteiger partial charge in [-0.1, -0.05) is 12.1 Å². The molecule has 1 aliphatic rings. The molecule has 1 heterocycles. The Hall–Kier alpha value is -1.82. The molecule has 1 amide bonds. The van der Waals surface area contributed by atoms with E-state index in [-0.39, 0.29) is 5.91 Å². The fraction of sp³-hybridized carbons (Fsp3) is 0.375. The van der Waals surface area contributed by atoms with Crippen LogP contribution in [0.2, 0.25) is 0 Å². The Morgan fingerprint density at radius 2 is 2.09 bits per heavy atom. The number of benzene rings is 1. The van der Waals surface area contributed by atoms with Crippen molar-refractivity contribution in [1.29, 1.82) is 0 Å². The zero-order valence-corrected chi connectivity index (χ0v) is 14.2. The van der Waals surface area contributed by atoms with E-state index in [9.17, 15) is 4.79 Å². The highest BCUT2D eigenvalue weighted by molar-refractivity contribution is 9.10. The van der Waals surface area contributed by atoms with E-state index in [1.54, 1.807) is 19.1 Å². The molecular weight excluding hydrogens is 346 g/mol. The summed E-state index contributed by atoms with van der Waals surface area (Å²) in [4.78, 5) is 14.2. The summed E-state index contributed by atoms with van der Waals surface area (Å²) in [5.74, 6) is 1.24. The lowest BCUT2D eigenvalue weighted by atomic mass is 10.2. The average molecular weight is 364 g/mol. The fourth-order valence-corrected chi connectivity index (χ4v) is 3.05. The first-order valence-corrected chi connectivity index (χ1v) is 8.01. The van der Waals surface area contributed by atoms with Crippen LogP contribution >= 0.6 is 15.9 Å². The van der Waals surface area contributed by atoms with Gasteiger partial charge in [0.1, 0.15) is 5.75 Å². The predicted molar refractivity (Wildman–Crippen MR) is 87.1 cm³/mol. The van der Waals surface area contributed by atoms with Crippen molar-refractivity contribution in [3.8, 4) is 5.75 Å². The highest BCUT2D eigenvalue weighted by Crippen LogP contribution is 2.43. The molecule has 1 aromatic carbocycles. The van der Waals surface area contributed by atoms with Crippen molar-refractivity contribution in [3.05, 3.63) is 45.7 Å². The molecule has 1 saturated carbocycles. The topological polar surface area (TPSA) is 58.2 Å². The van der Waals surface area contributed by atoms with Gasteiger partial charge in [-0.2, -0.15) is 5.10 Å². The first-order valence-electron chi connectivity index (χ1n) is 7.22. The molecule has 0 atom stereocenters. The predicted octanol–water partition coefficient (Wildman–Crippen LogP) is 3.33. The van der Waals surface area contributed by atoms with Gasteiger partial charge in [0.15, 0.2) is 5.69 Å². The number of rotatable bonds is 5. The van der Waals surface area contributed by atoms with Gasteiger partial charge in [0.2, 0.25) is 0 Å². The number of nitrogens with zero attached hydrogens (tertiary/aromatic N) is 2. The fourth-order valence-electron chi connectivity index (χ4n) is 2.38. The largest absolute Gasteiger partial charge is 0.497 e. The number of hydrogen-bond acceptors (Lipinski definition) is 3. The Morgan fingerprint density at radius 3 is 2.68 bits per heavy atom. The normalized spacial score (nSPS) is 14.0. The number of amides is 1. The number of ether oxygens (including phenoxy) is 1. The Kier molecular flexibility index (Phi) is 4.20. The summed E-state index contributed by atoms with van der Waals surface area (Å²) in [6.07, 6.45) is 2.33. The van der Waals surface area contributed by atoms with E-state index in [1.807, 2.05) is 24.3 Å². The molecule has 116 valence electrons. The average Bonchev–Trinajstić information content (AvgIpc) is 3.30. The Labute approximate surface area is 137 Å². The van der Waals surface area contributed by atoms with Gasteiger partial charge in [0, 0.05) is 19.5 Å². The maximum absolute atomic E-state index is 12.5. The molecule has 0 radical (unpaired) electrons. The van der Waals surface area contributed by atoms with Crippen LogP contribution in [0.3, 0.4) is 0 Å². The van der Waals surface area contributed by atoms with Gasteiger partial charge in [-0.15, -0.1) is 0 Å². The molecule has 1 N–H and O–H groups in total. The third-order valence-corrected chi connectivity index (χ3v) is 4.65. The molecule has 0 saturated heterocycles. The number of aromatic amines is 1. The molecule has 0 aliphatic heterocycles. The second-order valence-corrected chi connectivity index (χ2v) is 6.38. The Balaban J connectivity index is 1.70. The van der Waals surface area contributed by atoms with Crippen LogP contribution in [0.25, 0.3) is 0 Å². The zero-order valence-electron chi connectivity index (χ0n) is 12.6. The molecule has 2 aromatic rings. The van der Waals surface area contributed by atoms with E-state index in [0.717, 1.165) is 34.3 Å². The van der Waals surface area contributed by atoms with Crippen LogP contribution in [0.15, 0.2) is 28.7 Å². The summed E-state index contributed by atoms with van der Waals surface area (Å²) in [6, 6.07) is 7.70. The molecule has 1 aromatic heterocycles. The number of hydrogen-bond donors (Lipinski definition) is 1. The molecule has 0 spiro atoms. The van der Waals surface area contributed by atoms with Crippen molar-refractivity contribution in [2.45, 2.75) is 25.3 Å². The summed E-state index contributed by atoms with van der Waals surface area (Å²) in [5.41, 5.74) is 2.55. The summed E-state index contributed by atoms with van der Waals surface area (Å²) in [5, 5.41) is 7.17. The van der Waals surface area contributed by atoms with E-state index in [2.05, 4.69) is 26.1 Å². The molecular formula is C16H18BrN3O2. The van der Waals surface area contributed by atoms with Crippen molar-refractivity contribution in [2.24, 2.45) is 0 Å². The second kappa shape index (κ2) is 6.12. The monoisotopic (exact) mass is 363 g/mol. The van der Waals surface area contributed by atoms with Crippen molar-refractivity contribution >= 4 is 21.8 Å². The summed E-state index contributed by atoms with van der Waals surface area (Å²) < 4.78 is 5.94. The molecule has 6 heteroatoms. The number of carbonyl (C=O) groups excluding carboxylic acids is 1. The van der Waals surface area contributed by atoms with E-state index in [1.165, 1.54) is 0 Å². The van der Waals surface area contributed by atoms with Crippen molar-refractivity contribution in [2.75, 3.05) is 14.2 Å². The molecule has 0 unspecified atom stereocenters. The quantitative estimate of drug-likeness (QED) is 0.886. The lowest BCUT2D eigenvalue weighted by Gasteiger charge is -2.16. The van der Waals surface area contributed by atoms with Gasteiger partial charge >= 0.3 is 0 Å². The van der Waals surface area contributed by atoms with Crippen LogP contribution < -0.4 is 4.74 Å². The second-order valence-electron chi connectivity index (χ2n) is 5.58. The lowest BCUT2D eigenvalue weighted by Crippen LogP contribution is -2.26. The minimum atomic E-state index is -0.0918. The molecule has 0 bridgehead atoms. The van der Waals surface area contributed by atoms with Crippen molar-refractivity contribution in [1.82, 2.24) is 15.1 Å². The Bertz CT molecular complexity index is 677. The highest BCUT2D eigenvalue weighted by atomic mass is 79.9. The summed E-state index contributed by atoms with van der Waals surface area (Å²) in [7, 11) is 3.42. The van der Waals surface area contributed by atoms with Crippen molar-refractivity contribution in [3.63, 3.8) is 0 Å². The molecule has 5 nitrogen and oxygen atoms in total. The van der Waals surface area contributed by atoms with Crippen molar-refractivity contribution < 1.29 is 9.53 Å². The minimum Gasteiger partial charge on any atom is -0.497 e. The maximum atomic E-state index is 12.5. The van der Waals surface area contributed by atoms with Gasteiger partial charge in [-0.25, -0.2) is 0 Å². The first kappa shape index (κ1) is 15.1. The number of halogens is 1. The van der Waals surface area contributed by atoms with Crippen LogP contribution in [-0.2, 0) is 6.54 Å². The minimum absolute atomic E-state index is 0.0918. The smallest absolute Gasteiger partial charge is 0.275 e. The highest BCUT2D eigenvalue weighted by Gasteiger charge is 2.31. The summed E-state index contributed by atoms with van der Waals surface area (Å²) in [6.45, 7) is 0.529. The zero-order chi connectivity index (χ0) is 15.7. The lowest BCUT2D eigenvalue weighted by molar-refractivity contribution is 0.0778. The van der Waals surface area contributed by atoms with E-state index in [0.29, 0.717) is 18.2 Å². The number of aromatic nitrogens is 2. The first-order chi connectivity index (χ1) is 10.6. The van der Waals surface area contributed by atoms with E-state index < -0.39 is 0 Å². The number of nitrogens with one attached hydrogen (secondary N) is 1. The molecule has 3 rings (SSSR count). The number of methoxy groups -OCH3 is 1. The Morgan fingerprint density at radius 1 is 1.41 bits per heavy atom. The van der Waals surface area contributed by atoms with Crippen LogP contribution in [0.5, 0.6) is 5.75 Å². The van der Waals surface area contributed by atoms with Gasteiger partial charge < -0.3 is 9.64 Å². The van der Waals surface area contributed by atoms with E-state index >= 15 is 0 Å². The van der Waals surface area contributed by atoms with E-state index in [4.69, 9.17) is 4.74 Å². The standard InChI is InChI=1S/C16H18BrN3O2/c1-20(9-10-3-7-12(22-2)8-4-10)16(21)15-13(17)14(18-19-15)11-5-6-11/h3-4,7-8,11H,5-6,9H2,1-2H3,(H,18,19). The van der Waals surface area contributed by atoms with Crippen LogP contribution in [-0.4, -0.2) is 35.2 Å². The molecule has 22 heavy (non-hydrogen) atoms. The van der Waals surface area contributed by atoms with Crippen LogP contribution in [0.1, 0.15) is 40.5 Å². The molecule has 1 aliphatic carbocycles. The van der Waals surface area contributed by atoms with Gasteiger partial charge in [-0.05, 0) is 46.5 Å². The van der Waals surface area contributed by atoms with Gasteiger partial charge in [-0.3, -0.25) is 9.89 Å². The SMILES string of the molecule is COc1ccc(CN(C)C(=O)c2n[nH]c(C3CC3)c2Br)cc1. The van der Waals surface area contributed by atoms with Crippen LogP contribution in [0, 0.1) is 0 Å². The number of carbonyl (C=O) groups is 1. The third-order valence-electron chi connectivity index (χ3n) is 3.85. The van der Waals surface area contributed by atoms with Crippen LogP contribution in [0.4, 0.5) is 0 Å².